The van der Waals surface area contributed by atoms with Crippen molar-refractivity contribution in [1.29, 1.82) is 0 Å². The number of ether oxygens (including phenoxy) is 2. The molecule has 1 aliphatic rings. The van der Waals surface area contributed by atoms with Crippen LogP contribution >= 0.6 is 0 Å². The Bertz CT molecular complexity index is 458. The maximum atomic E-state index is 11.9. The van der Waals surface area contributed by atoms with Crippen LogP contribution in [0.25, 0.3) is 0 Å². The minimum atomic E-state index is -1.35. The van der Waals surface area contributed by atoms with Gasteiger partial charge in [-0.3, -0.25) is 9.69 Å². The summed E-state index contributed by atoms with van der Waals surface area (Å²) in [6.07, 6.45) is 0. The first-order valence-electron chi connectivity index (χ1n) is 7.27. The largest absolute Gasteiger partial charge is 0.492 e. The van der Waals surface area contributed by atoms with Crippen LogP contribution in [0.15, 0.2) is 24.3 Å². The third-order valence-corrected chi connectivity index (χ3v) is 3.45. The number of nitrogens with zero attached hydrogens (tertiary/aromatic N) is 1. The number of morpholine rings is 1. The van der Waals surface area contributed by atoms with Crippen molar-refractivity contribution in [3.63, 3.8) is 0 Å². The van der Waals surface area contributed by atoms with Gasteiger partial charge in [-0.2, -0.15) is 0 Å². The van der Waals surface area contributed by atoms with E-state index >= 15 is 0 Å². The lowest BCUT2D eigenvalue weighted by Gasteiger charge is -2.26. The second kappa shape index (κ2) is 7.02. The van der Waals surface area contributed by atoms with Crippen molar-refractivity contribution in [3.8, 4) is 5.75 Å². The van der Waals surface area contributed by atoms with E-state index in [1.54, 1.807) is 24.3 Å². The van der Waals surface area contributed by atoms with Crippen molar-refractivity contribution in [2.75, 3.05) is 39.5 Å². The summed E-state index contributed by atoms with van der Waals surface area (Å²) >= 11 is 0. The van der Waals surface area contributed by atoms with Crippen molar-refractivity contribution in [2.45, 2.75) is 19.4 Å². The molecular formula is C16H23NO4. The monoisotopic (exact) mass is 293 g/mol. The molecule has 1 aromatic rings. The van der Waals surface area contributed by atoms with Crippen LogP contribution in [-0.2, 0) is 4.74 Å². The molecule has 0 atom stereocenters. The van der Waals surface area contributed by atoms with Crippen LogP contribution in [0.2, 0.25) is 0 Å². The van der Waals surface area contributed by atoms with Gasteiger partial charge in [0, 0.05) is 25.2 Å². The van der Waals surface area contributed by atoms with Crippen LogP contribution in [0.3, 0.4) is 0 Å². The fourth-order valence-electron chi connectivity index (χ4n) is 2.17. The van der Waals surface area contributed by atoms with Gasteiger partial charge in [0.2, 0.25) is 0 Å². The average molecular weight is 293 g/mol. The third-order valence-electron chi connectivity index (χ3n) is 3.45. The highest BCUT2D eigenvalue weighted by Gasteiger charge is 2.24. The number of benzene rings is 1. The number of Topliss-reactive ketones (excluding diaryl/α,β-unsaturated/α-hetero) is 1. The fourth-order valence-corrected chi connectivity index (χ4v) is 2.17. The van der Waals surface area contributed by atoms with E-state index in [0.29, 0.717) is 12.2 Å². The fraction of sp³-hybridized carbons (Fsp3) is 0.562. The highest BCUT2D eigenvalue weighted by atomic mass is 16.5. The lowest BCUT2D eigenvalue weighted by atomic mass is 9.97. The van der Waals surface area contributed by atoms with E-state index in [9.17, 15) is 9.90 Å². The van der Waals surface area contributed by atoms with Gasteiger partial charge in [0.1, 0.15) is 18.0 Å². The van der Waals surface area contributed by atoms with Crippen LogP contribution in [0.1, 0.15) is 24.2 Å². The summed E-state index contributed by atoms with van der Waals surface area (Å²) in [6, 6.07) is 6.89. The van der Waals surface area contributed by atoms with Gasteiger partial charge in [-0.05, 0) is 38.1 Å². The number of hydrogen-bond donors (Lipinski definition) is 1. The van der Waals surface area contributed by atoms with Gasteiger partial charge in [-0.15, -0.1) is 0 Å². The smallest absolute Gasteiger partial charge is 0.193 e. The molecule has 1 N–H and O–H groups in total. The number of carbonyl (C=O) groups is 1. The summed E-state index contributed by atoms with van der Waals surface area (Å²) in [5.74, 6) is 0.443. The Hall–Kier alpha value is -1.43. The van der Waals surface area contributed by atoms with Crippen molar-refractivity contribution >= 4 is 5.78 Å². The summed E-state index contributed by atoms with van der Waals surface area (Å²) in [4.78, 5) is 14.2. The van der Waals surface area contributed by atoms with Crippen LogP contribution < -0.4 is 4.74 Å². The van der Waals surface area contributed by atoms with Crippen LogP contribution in [0, 0.1) is 0 Å². The van der Waals surface area contributed by atoms with Crippen molar-refractivity contribution in [3.05, 3.63) is 29.8 Å². The molecule has 0 aromatic heterocycles. The molecule has 0 saturated carbocycles. The molecule has 1 fully saturated rings. The molecule has 5 nitrogen and oxygen atoms in total. The molecular weight excluding hydrogens is 270 g/mol. The van der Waals surface area contributed by atoms with Crippen LogP contribution in [0.4, 0.5) is 0 Å². The van der Waals surface area contributed by atoms with Gasteiger partial charge in [-0.25, -0.2) is 0 Å². The predicted octanol–water partition coefficient (Wildman–Crippen LogP) is 1.35. The number of aliphatic hydroxyl groups is 1. The molecule has 0 unspecified atom stereocenters. The summed E-state index contributed by atoms with van der Waals surface area (Å²) in [7, 11) is 0. The molecule has 116 valence electrons. The summed E-state index contributed by atoms with van der Waals surface area (Å²) in [6.45, 7) is 7.92. The Morgan fingerprint density at radius 3 is 2.48 bits per heavy atom. The normalized spacial score (nSPS) is 16.7. The molecule has 0 spiro atoms. The van der Waals surface area contributed by atoms with Gasteiger partial charge >= 0.3 is 0 Å². The molecule has 5 heteroatoms. The van der Waals surface area contributed by atoms with Crippen molar-refractivity contribution < 1.29 is 19.4 Å². The Morgan fingerprint density at radius 2 is 1.90 bits per heavy atom. The molecule has 0 radical (unpaired) electrons. The SMILES string of the molecule is CC(C)(O)C(=O)c1ccc(OCCN2CCOCC2)cc1. The van der Waals surface area contributed by atoms with E-state index < -0.39 is 5.60 Å². The van der Waals surface area contributed by atoms with Crippen molar-refractivity contribution in [2.24, 2.45) is 0 Å². The van der Waals surface area contributed by atoms with Crippen LogP contribution in [0.5, 0.6) is 5.75 Å². The number of carbonyl (C=O) groups excluding carboxylic acids is 1. The van der Waals surface area contributed by atoms with E-state index in [2.05, 4.69) is 4.90 Å². The Kier molecular flexibility index (Phi) is 5.33. The van der Waals surface area contributed by atoms with E-state index in [0.717, 1.165) is 38.6 Å². The second-order valence-electron chi connectivity index (χ2n) is 5.71. The van der Waals surface area contributed by atoms with Gasteiger partial charge in [0.25, 0.3) is 0 Å². The zero-order valence-corrected chi connectivity index (χ0v) is 12.7. The van der Waals surface area contributed by atoms with Crippen molar-refractivity contribution in [1.82, 2.24) is 4.90 Å². The molecule has 0 bridgehead atoms. The number of rotatable bonds is 6. The van der Waals surface area contributed by atoms with Gasteiger partial charge in [-0.1, -0.05) is 0 Å². The molecule has 1 saturated heterocycles. The second-order valence-corrected chi connectivity index (χ2v) is 5.71. The first-order chi connectivity index (χ1) is 9.97. The quantitative estimate of drug-likeness (QED) is 0.802. The zero-order valence-electron chi connectivity index (χ0n) is 12.7. The summed E-state index contributed by atoms with van der Waals surface area (Å²) < 4.78 is 11.0. The highest BCUT2D eigenvalue weighted by molar-refractivity contribution is 6.01. The third kappa shape index (κ3) is 4.81. The first kappa shape index (κ1) is 15.9. The van der Waals surface area contributed by atoms with E-state index in [4.69, 9.17) is 9.47 Å². The van der Waals surface area contributed by atoms with Gasteiger partial charge in [0.05, 0.1) is 13.2 Å². The Balaban J connectivity index is 1.81. The molecule has 2 rings (SSSR count). The maximum absolute atomic E-state index is 11.9. The minimum absolute atomic E-state index is 0.289. The maximum Gasteiger partial charge on any atom is 0.193 e. The van der Waals surface area contributed by atoms with E-state index in [1.807, 2.05) is 0 Å². The summed E-state index contributed by atoms with van der Waals surface area (Å²) in [5.41, 5.74) is -0.860. The average Bonchev–Trinajstić information content (AvgIpc) is 2.47. The molecule has 1 aliphatic heterocycles. The molecule has 21 heavy (non-hydrogen) atoms. The van der Waals surface area contributed by atoms with E-state index in [-0.39, 0.29) is 5.78 Å². The Morgan fingerprint density at radius 1 is 1.29 bits per heavy atom. The highest BCUT2D eigenvalue weighted by Crippen LogP contribution is 2.17. The number of ketones is 1. The Labute approximate surface area is 125 Å². The standard InChI is InChI=1S/C16H23NO4/c1-16(2,19)15(18)13-3-5-14(6-4-13)21-12-9-17-7-10-20-11-8-17/h3-6,19H,7-12H2,1-2H3. The molecule has 1 heterocycles. The molecule has 1 aromatic carbocycles. The van der Waals surface area contributed by atoms with Gasteiger partial charge in [0.15, 0.2) is 5.78 Å². The summed E-state index contributed by atoms with van der Waals surface area (Å²) in [5, 5.41) is 9.70. The number of hydrogen-bond acceptors (Lipinski definition) is 5. The van der Waals surface area contributed by atoms with E-state index in [1.165, 1.54) is 13.8 Å². The zero-order chi connectivity index (χ0) is 15.3. The predicted molar refractivity (Wildman–Crippen MR) is 79.8 cm³/mol. The lowest BCUT2D eigenvalue weighted by molar-refractivity contribution is 0.0322. The minimum Gasteiger partial charge on any atom is -0.492 e. The first-order valence-corrected chi connectivity index (χ1v) is 7.27. The van der Waals surface area contributed by atoms with Crippen LogP contribution in [-0.4, -0.2) is 60.8 Å². The lowest BCUT2D eigenvalue weighted by Crippen LogP contribution is -2.38. The topological polar surface area (TPSA) is 59.0 Å². The molecule has 0 aliphatic carbocycles. The van der Waals surface area contributed by atoms with Gasteiger partial charge < -0.3 is 14.6 Å². The molecule has 0 amide bonds.